The molecule has 1 heterocycles. The van der Waals surface area contributed by atoms with Crippen LogP contribution in [-0.4, -0.2) is 15.4 Å². The maximum absolute atomic E-state index is 5.39. The highest BCUT2D eigenvalue weighted by molar-refractivity contribution is 5.62. The van der Waals surface area contributed by atoms with Crippen LogP contribution in [0.25, 0.3) is 0 Å². The smallest absolute Gasteiger partial charge is 0.0547 e. The van der Waals surface area contributed by atoms with Gasteiger partial charge in [-0.05, 0) is 23.4 Å². The molecule has 0 aliphatic heterocycles. The number of nitrogen functional groups attached to an aromatic ring is 2. The van der Waals surface area contributed by atoms with Crippen LogP contribution in [0, 0.1) is 0 Å². The molecule has 5 nitrogen and oxygen atoms in total. The van der Waals surface area contributed by atoms with Gasteiger partial charge in [-0.3, -0.25) is 0 Å². The topological polar surface area (TPSA) is 90.7 Å². The van der Waals surface area contributed by atoms with Gasteiger partial charge < -0.3 is 11.5 Å². The molecule has 0 bridgehead atoms. The molecule has 0 saturated heterocycles. The number of nitrogens with zero attached hydrogens (tertiary/aromatic N) is 3. The molecule has 5 heteroatoms. The zero-order chi connectivity index (χ0) is 10.2. The molecule has 0 aliphatic rings. The predicted molar refractivity (Wildman–Crippen MR) is 55.1 cm³/mol. The van der Waals surface area contributed by atoms with E-state index in [1.165, 1.54) is 0 Å². The van der Waals surface area contributed by atoms with Crippen molar-refractivity contribution < 1.29 is 0 Å². The number of para-hydroxylation sites is 2. The molecule has 0 aliphatic carbocycles. The minimum atomic E-state index is 0.646. The minimum Gasteiger partial charge on any atom is -0.397 e. The van der Waals surface area contributed by atoms with Crippen LogP contribution < -0.4 is 11.5 Å². The Morgan fingerprint density at radius 2 is 1.29 bits per heavy atom. The minimum absolute atomic E-state index is 0.646. The van der Waals surface area contributed by atoms with E-state index in [4.69, 9.17) is 11.5 Å². The number of hydrogen-bond acceptors (Lipinski definition) is 5. The molecule has 72 valence electrons. The van der Waals surface area contributed by atoms with Crippen molar-refractivity contribution in [1.29, 1.82) is 0 Å². The van der Waals surface area contributed by atoms with Gasteiger partial charge in [-0.2, -0.15) is 0 Å². The van der Waals surface area contributed by atoms with Gasteiger partial charge in [0.05, 0.1) is 23.8 Å². The molecule has 2 rings (SSSR count). The Balaban J connectivity index is 0.000000146. The Labute approximate surface area is 81.8 Å². The average Bonchev–Trinajstić information content (AvgIpc) is 2.26. The van der Waals surface area contributed by atoms with Crippen molar-refractivity contribution in [2.75, 3.05) is 11.5 Å². The van der Waals surface area contributed by atoms with E-state index in [9.17, 15) is 0 Å². The molecule has 0 fully saturated rings. The molecule has 14 heavy (non-hydrogen) atoms. The summed E-state index contributed by atoms with van der Waals surface area (Å²) in [5.74, 6) is 0. The summed E-state index contributed by atoms with van der Waals surface area (Å²) in [6, 6.07) is 8.97. The first-order valence-corrected chi connectivity index (χ1v) is 3.99. The van der Waals surface area contributed by atoms with E-state index in [1.807, 2.05) is 12.1 Å². The number of nitrogens with two attached hydrogens (primary N) is 2. The van der Waals surface area contributed by atoms with Gasteiger partial charge in [0.2, 0.25) is 0 Å². The van der Waals surface area contributed by atoms with Gasteiger partial charge in [0.1, 0.15) is 0 Å². The van der Waals surface area contributed by atoms with Crippen LogP contribution >= 0.6 is 0 Å². The van der Waals surface area contributed by atoms with Crippen molar-refractivity contribution in [2.24, 2.45) is 0 Å². The highest BCUT2D eigenvalue weighted by Gasteiger charge is 1.85. The Morgan fingerprint density at radius 1 is 0.786 bits per heavy atom. The molecule has 0 amide bonds. The van der Waals surface area contributed by atoms with Crippen LogP contribution in [0.1, 0.15) is 0 Å². The summed E-state index contributed by atoms with van der Waals surface area (Å²) in [6.45, 7) is 0. The van der Waals surface area contributed by atoms with Gasteiger partial charge in [0.15, 0.2) is 0 Å². The van der Waals surface area contributed by atoms with Crippen LogP contribution in [0.5, 0.6) is 0 Å². The maximum Gasteiger partial charge on any atom is 0.0547 e. The molecular weight excluding hydrogens is 178 g/mol. The first kappa shape index (κ1) is 9.91. The van der Waals surface area contributed by atoms with Crippen molar-refractivity contribution in [2.45, 2.75) is 0 Å². The van der Waals surface area contributed by atoms with Gasteiger partial charge in [-0.1, -0.05) is 12.1 Å². The van der Waals surface area contributed by atoms with E-state index in [0.717, 1.165) is 0 Å². The van der Waals surface area contributed by atoms with E-state index < -0.39 is 0 Å². The second-order valence-electron chi connectivity index (χ2n) is 2.44. The zero-order valence-electron chi connectivity index (χ0n) is 7.54. The average molecular weight is 189 g/mol. The Morgan fingerprint density at radius 3 is 1.50 bits per heavy atom. The Bertz CT molecular complexity index is 315. The number of benzene rings is 1. The van der Waals surface area contributed by atoms with Crippen molar-refractivity contribution >= 4 is 11.4 Å². The van der Waals surface area contributed by atoms with Crippen molar-refractivity contribution in [3.8, 4) is 0 Å². The molecule has 2 aromatic rings. The summed E-state index contributed by atoms with van der Waals surface area (Å²) in [7, 11) is 0. The highest BCUT2D eigenvalue weighted by atomic mass is 15.3. The molecule has 0 saturated carbocycles. The molecule has 0 atom stereocenters. The predicted octanol–water partition coefficient (Wildman–Crippen LogP) is 0.723. The number of aromatic nitrogens is 3. The van der Waals surface area contributed by atoms with Crippen molar-refractivity contribution in [1.82, 2.24) is 15.4 Å². The lowest BCUT2D eigenvalue weighted by atomic mass is 10.3. The lowest BCUT2D eigenvalue weighted by Gasteiger charge is -1.94. The number of anilines is 2. The number of hydrogen-bond donors (Lipinski definition) is 2. The van der Waals surface area contributed by atoms with Crippen molar-refractivity contribution in [3.05, 3.63) is 42.7 Å². The molecule has 0 unspecified atom stereocenters. The lowest BCUT2D eigenvalue weighted by Crippen LogP contribution is -1.91. The maximum atomic E-state index is 5.39. The summed E-state index contributed by atoms with van der Waals surface area (Å²) in [4.78, 5) is 0. The van der Waals surface area contributed by atoms with E-state index >= 15 is 0 Å². The molecule has 0 spiro atoms. The van der Waals surface area contributed by atoms with E-state index in [-0.39, 0.29) is 0 Å². The highest BCUT2D eigenvalue weighted by Crippen LogP contribution is 2.10. The molecule has 4 N–H and O–H groups in total. The normalized spacial score (nSPS) is 8.57. The second-order valence-corrected chi connectivity index (χ2v) is 2.44. The molecular formula is C9H11N5. The van der Waals surface area contributed by atoms with Crippen molar-refractivity contribution in [3.63, 3.8) is 0 Å². The van der Waals surface area contributed by atoms with E-state index in [2.05, 4.69) is 15.4 Å². The van der Waals surface area contributed by atoms with E-state index in [1.54, 1.807) is 30.6 Å². The quantitative estimate of drug-likeness (QED) is 0.596. The van der Waals surface area contributed by atoms with Gasteiger partial charge in [-0.25, -0.2) is 0 Å². The van der Waals surface area contributed by atoms with Crippen LogP contribution in [0.4, 0.5) is 11.4 Å². The van der Waals surface area contributed by atoms with Crippen LogP contribution in [0.2, 0.25) is 0 Å². The first-order chi connectivity index (χ1) is 6.80. The largest absolute Gasteiger partial charge is 0.397 e. The van der Waals surface area contributed by atoms with Crippen LogP contribution in [0.3, 0.4) is 0 Å². The third kappa shape index (κ3) is 3.48. The van der Waals surface area contributed by atoms with Gasteiger partial charge in [0, 0.05) is 0 Å². The fraction of sp³-hybridized carbons (Fsp3) is 0. The fourth-order valence-electron chi connectivity index (χ4n) is 0.716. The SMILES string of the molecule is Nc1ccccc1N.c1cnnnc1. The summed E-state index contributed by atoms with van der Waals surface area (Å²) >= 11 is 0. The molecule has 1 aromatic heterocycles. The van der Waals surface area contributed by atoms with Crippen LogP contribution in [0.15, 0.2) is 42.7 Å². The summed E-state index contributed by atoms with van der Waals surface area (Å²) < 4.78 is 0. The standard InChI is InChI=1S/C6H8N2.C3H3N3/c7-5-3-1-2-4-6(5)8;1-2-4-6-5-3-1/h1-4H,7-8H2;1-3H. The second kappa shape index (κ2) is 5.47. The Hall–Kier alpha value is -2.17. The molecule has 1 aromatic carbocycles. The van der Waals surface area contributed by atoms with Gasteiger partial charge in [0.25, 0.3) is 0 Å². The summed E-state index contributed by atoms with van der Waals surface area (Å²) in [6.07, 6.45) is 3.15. The summed E-state index contributed by atoms with van der Waals surface area (Å²) in [5, 5.41) is 10.1. The Kier molecular flexibility index (Phi) is 3.87. The third-order valence-electron chi connectivity index (χ3n) is 1.40. The summed E-state index contributed by atoms with van der Waals surface area (Å²) in [5.41, 5.74) is 12.1. The molecule has 0 radical (unpaired) electrons. The van der Waals surface area contributed by atoms with E-state index in [0.29, 0.717) is 11.4 Å². The third-order valence-corrected chi connectivity index (χ3v) is 1.40. The monoisotopic (exact) mass is 189 g/mol. The van der Waals surface area contributed by atoms with Crippen LogP contribution in [-0.2, 0) is 0 Å². The first-order valence-electron chi connectivity index (χ1n) is 3.99. The zero-order valence-corrected chi connectivity index (χ0v) is 7.54. The van der Waals surface area contributed by atoms with Gasteiger partial charge in [-0.15, -0.1) is 10.2 Å². The fourth-order valence-corrected chi connectivity index (χ4v) is 0.716. The lowest BCUT2D eigenvalue weighted by molar-refractivity contribution is 0.865. The van der Waals surface area contributed by atoms with Gasteiger partial charge >= 0.3 is 0 Å². The number of rotatable bonds is 0.